The summed E-state index contributed by atoms with van der Waals surface area (Å²) in [6.07, 6.45) is 0.763. The second kappa shape index (κ2) is 15.1. The van der Waals surface area contributed by atoms with E-state index in [0.29, 0.717) is 25.2 Å². The number of halogens is 2. The van der Waals surface area contributed by atoms with E-state index in [1.165, 1.54) is 14.0 Å². The number of hydrogen-bond acceptors (Lipinski definition) is 4. The van der Waals surface area contributed by atoms with Crippen molar-refractivity contribution in [1.82, 2.24) is 0 Å². The number of aliphatic carboxylic acids is 1. The highest BCUT2D eigenvalue weighted by Crippen LogP contribution is 2.07. The summed E-state index contributed by atoms with van der Waals surface area (Å²) in [5, 5.41) is 8.71. The monoisotopic (exact) mass is 314 g/mol. The molecule has 0 aromatic heterocycles. The molecule has 114 valence electrons. The van der Waals surface area contributed by atoms with Gasteiger partial charge in [0.05, 0.1) is 5.84 Å². The summed E-state index contributed by atoms with van der Waals surface area (Å²) in [6.45, 7) is 3.50. The van der Waals surface area contributed by atoms with E-state index in [4.69, 9.17) is 16.6 Å². The summed E-state index contributed by atoms with van der Waals surface area (Å²) in [5.41, 5.74) is 14.1. The van der Waals surface area contributed by atoms with Gasteiger partial charge in [-0.3, -0.25) is 9.79 Å². The first kappa shape index (κ1) is 26.5. The zero-order valence-electron chi connectivity index (χ0n) is 11.5. The Balaban J connectivity index is -0.000000267. The Hall–Kier alpha value is -1.00. The van der Waals surface area contributed by atoms with Crippen LogP contribution in [0.3, 0.4) is 0 Å². The molecule has 0 radical (unpaired) electrons. The Morgan fingerprint density at radius 3 is 2.16 bits per heavy atom. The minimum absolute atomic E-state index is 0. The number of nitrogens with two attached hydrogens (primary N) is 3. The van der Waals surface area contributed by atoms with Crippen LogP contribution >= 0.6 is 24.8 Å². The third-order valence-electron chi connectivity index (χ3n) is 1.79. The lowest BCUT2D eigenvalue weighted by Gasteiger charge is -2.16. The number of carboxylic acid groups (broad SMARTS) is 1. The van der Waals surface area contributed by atoms with Crippen LogP contribution in [0.4, 0.5) is 0 Å². The Morgan fingerprint density at radius 1 is 1.32 bits per heavy atom. The number of rotatable bonds is 4. The van der Waals surface area contributed by atoms with Crippen LogP contribution in [0.2, 0.25) is 0 Å². The molecule has 0 aliphatic carbocycles. The van der Waals surface area contributed by atoms with Crippen LogP contribution < -0.4 is 17.2 Å². The van der Waals surface area contributed by atoms with Crippen molar-refractivity contribution in [2.24, 2.45) is 22.2 Å². The molecule has 7 N–H and O–H groups in total. The maximum atomic E-state index is 10.6. The van der Waals surface area contributed by atoms with Gasteiger partial charge in [-0.05, 0) is 27.3 Å². The number of aliphatic imine (C=N–C) groups is 1. The summed E-state index contributed by atoms with van der Waals surface area (Å²) < 4.78 is 0. The van der Waals surface area contributed by atoms with E-state index in [2.05, 4.69) is 22.6 Å². The van der Waals surface area contributed by atoms with E-state index < -0.39 is 11.5 Å². The SMILES string of the molecule is CC(N)=NCC#CCCC(C)(N)C(=O)O.CN.Cl.Cl. The Kier molecular flexibility index (Phi) is 21.0. The smallest absolute Gasteiger partial charge is 0.323 e. The zero-order valence-corrected chi connectivity index (χ0v) is 13.1. The number of carboxylic acids is 1. The minimum atomic E-state index is -1.21. The Labute approximate surface area is 127 Å². The van der Waals surface area contributed by atoms with Crippen molar-refractivity contribution >= 4 is 36.6 Å². The highest BCUT2D eigenvalue weighted by molar-refractivity contribution is 5.85. The molecule has 19 heavy (non-hydrogen) atoms. The number of carbonyl (C=O) groups is 1. The fourth-order valence-corrected chi connectivity index (χ4v) is 0.738. The molecule has 0 saturated heterocycles. The molecule has 0 rings (SSSR count). The first-order chi connectivity index (χ1) is 7.86. The molecule has 1 unspecified atom stereocenters. The molecule has 0 aromatic rings. The van der Waals surface area contributed by atoms with Gasteiger partial charge in [-0.15, -0.1) is 30.7 Å². The van der Waals surface area contributed by atoms with Crippen LogP contribution in [0.1, 0.15) is 26.7 Å². The molecular formula is C11H24Cl2N4O2. The molecule has 0 fully saturated rings. The van der Waals surface area contributed by atoms with E-state index in [0.717, 1.165) is 0 Å². The van der Waals surface area contributed by atoms with Crippen LogP contribution in [0.15, 0.2) is 4.99 Å². The second-order valence-electron chi connectivity index (χ2n) is 3.53. The van der Waals surface area contributed by atoms with Crippen molar-refractivity contribution in [2.75, 3.05) is 13.6 Å². The molecule has 0 spiro atoms. The highest BCUT2D eigenvalue weighted by atomic mass is 35.5. The zero-order chi connectivity index (χ0) is 13.9. The Morgan fingerprint density at radius 2 is 1.79 bits per heavy atom. The summed E-state index contributed by atoms with van der Waals surface area (Å²) in [4.78, 5) is 14.5. The quantitative estimate of drug-likeness (QED) is 0.338. The number of amidine groups is 1. The molecule has 0 aliphatic heterocycles. The summed E-state index contributed by atoms with van der Waals surface area (Å²) in [7, 11) is 1.50. The molecule has 0 heterocycles. The molecule has 8 heteroatoms. The lowest BCUT2D eigenvalue weighted by molar-refractivity contribution is -0.142. The predicted molar refractivity (Wildman–Crippen MR) is 84.0 cm³/mol. The third kappa shape index (κ3) is 17.0. The van der Waals surface area contributed by atoms with Crippen molar-refractivity contribution < 1.29 is 9.90 Å². The summed E-state index contributed by atoms with van der Waals surface area (Å²) in [5.74, 6) is 5.03. The number of hydrogen-bond donors (Lipinski definition) is 4. The first-order valence-corrected chi connectivity index (χ1v) is 5.18. The van der Waals surface area contributed by atoms with Crippen molar-refractivity contribution in [3.63, 3.8) is 0 Å². The van der Waals surface area contributed by atoms with E-state index >= 15 is 0 Å². The predicted octanol–water partition coefficient (Wildman–Crippen LogP) is 0.368. The maximum Gasteiger partial charge on any atom is 0.323 e. The molecule has 0 aromatic carbocycles. The van der Waals surface area contributed by atoms with Crippen molar-refractivity contribution in [3.8, 4) is 11.8 Å². The van der Waals surface area contributed by atoms with Crippen LogP contribution in [0.5, 0.6) is 0 Å². The molecule has 0 amide bonds. The van der Waals surface area contributed by atoms with Gasteiger partial charge in [0.25, 0.3) is 0 Å². The van der Waals surface area contributed by atoms with E-state index in [9.17, 15) is 4.79 Å². The average molecular weight is 315 g/mol. The molecule has 0 bridgehead atoms. The molecule has 0 saturated carbocycles. The standard InChI is InChI=1S/C10H17N3O2.CH5N.2ClH/c1-8(11)13-7-5-3-4-6-10(2,12)9(14)15;1-2;;/h4,6-7,12H2,1-2H3,(H2,11,13)(H,14,15);2H2,1H3;2*1H. The molecular weight excluding hydrogens is 291 g/mol. The summed E-state index contributed by atoms with van der Waals surface area (Å²) in [6, 6.07) is 0. The van der Waals surface area contributed by atoms with Crippen LogP contribution in [-0.2, 0) is 4.79 Å². The number of nitrogens with zero attached hydrogens (tertiary/aromatic N) is 1. The van der Waals surface area contributed by atoms with Gasteiger partial charge in [0.1, 0.15) is 12.1 Å². The Bertz CT molecular complexity index is 318. The molecule has 1 atom stereocenters. The van der Waals surface area contributed by atoms with Crippen LogP contribution in [0.25, 0.3) is 0 Å². The molecule has 0 aliphatic rings. The summed E-state index contributed by atoms with van der Waals surface area (Å²) >= 11 is 0. The van der Waals surface area contributed by atoms with Crippen molar-refractivity contribution in [1.29, 1.82) is 0 Å². The van der Waals surface area contributed by atoms with Gasteiger partial charge in [0.15, 0.2) is 0 Å². The minimum Gasteiger partial charge on any atom is -0.480 e. The molecule has 6 nitrogen and oxygen atoms in total. The van der Waals surface area contributed by atoms with Gasteiger partial charge in [0.2, 0.25) is 0 Å². The second-order valence-corrected chi connectivity index (χ2v) is 3.53. The van der Waals surface area contributed by atoms with Gasteiger partial charge >= 0.3 is 5.97 Å². The topological polar surface area (TPSA) is 128 Å². The lowest BCUT2D eigenvalue weighted by Crippen LogP contribution is -2.44. The van der Waals surface area contributed by atoms with Gasteiger partial charge in [-0.25, -0.2) is 0 Å². The van der Waals surface area contributed by atoms with E-state index in [-0.39, 0.29) is 24.8 Å². The van der Waals surface area contributed by atoms with Crippen LogP contribution in [0, 0.1) is 11.8 Å². The lowest BCUT2D eigenvalue weighted by atomic mass is 9.98. The van der Waals surface area contributed by atoms with Gasteiger partial charge < -0.3 is 22.3 Å². The largest absolute Gasteiger partial charge is 0.480 e. The van der Waals surface area contributed by atoms with Crippen molar-refractivity contribution in [3.05, 3.63) is 0 Å². The van der Waals surface area contributed by atoms with Gasteiger partial charge in [-0.1, -0.05) is 5.92 Å². The average Bonchev–Trinajstić information content (AvgIpc) is 2.25. The normalized spacial score (nSPS) is 12.2. The van der Waals surface area contributed by atoms with E-state index in [1.807, 2.05) is 0 Å². The maximum absolute atomic E-state index is 10.6. The highest BCUT2D eigenvalue weighted by Gasteiger charge is 2.26. The third-order valence-corrected chi connectivity index (χ3v) is 1.79. The van der Waals surface area contributed by atoms with Gasteiger partial charge in [0, 0.05) is 6.42 Å². The van der Waals surface area contributed by atoms with Crippen molar-refractivity contribution in [2.45, 2.75) is 32.2 Å². The van der Waals surface area contributed by atoms with Gasteiger partial charge in [-0.2, -0.15) is 0 Å². The van der Waals surface area contributed by atoms with E-state index in [1.54, 1.807) is 6.92 Å². The van der Waals surface area contributed by atoms with Crippen LogP contribution in [-0.4, -0.2) is 36.0 Å². The fourth-order valence-electron chi connectivity index (χ4n) is 0.738. The first-order valence-electron chi connectivity index (χ1n) is 5.18. The fraction of sp³-hybridized carbons (Fsp3) is 0.636.